The lowest BCUT2D eigenvalue weighted by Crippen LogP contribution is -2.37. The highest BCUT2D eigenvalue weighted by molar-refractivity contribution is 8.01. The Bertz CT molecular complexity index is 522. The van der Waals surface area contributed by atoms with Crippen LogP contribution in [-0.2, 0) is 16.6 Å². The van der Waals surface area contributed by atoms with Crippen LogP contribution in [0.1, 0.15) is 25.3 Å². The Morgan fingerprint density at radius 1 is 1.53 bits per heavy atom. The van der Waals surface area contributed by atoms with Gasteiger partial charge in [-0.25, -0.2) is 18.1 Å². The third-order valence-corrected chi connectivity index (χ3v) is 6.10. The molecule has 1 unspecified atom stereocenters. The van der Waals surface area contributed by atoms with E-state index in [1.54, 1.807) is 6.07 Å². The summed E-state index contributed by atoms with van der Waals surface area (Å²) < 4.78 is 26.9. The minimum absolute atomic E-state index is 0.00424. The van der Waals surface area contributed by atoms with Crippen LogP contribution in [0, 0.1) is 0 Å². The smallest absolute Gasteiger partial charge is 0.258 e. The predicted molar refractivity (Wildman–Crippen MR) is 77.4 cm³/mol. The summed E-state index contributed by atoms with van der Waals surface area (Å²) in [6, 6.07) is 3.18. The van der Waals surface area contributed by atoms with Crippen LogP contribution < -0.4 is 10.5 Å². The quantitative estimate of drug-likeness (QED) is 0.851. The minimum Gasteiger partial charge on any atom is -0.326 e. The highest BCUT2D eigenvalue weighted by Crippen LogP contribution is 2.37. The summed E-state index contributed by atoms with van der Waals surface area (Å²) in [5.41, 5.74) is 6.28. The van der Waals surface area contributed by atoms with Crippen molar-refractivity contribution in [2.45, 2.75) is 36.1 Å². The average molecular weight is 301 g/mol. The fourth-order valence-corrected chi connectivity index (χ4v) is 4.42. The van der Waals surface area contributed by atoms with Crippen molar-refractivity contribution in [1.29, 1.82) is 0 Å². The van der Waals surface area contributed by atoms with E-state index in [1.807, 2.05) is 11.8 Å². The first-order chi connectivity index (χ1) is 8.95. The number of hydrogen-bond donors (Lipinski definition) is 2. The molecule has 0 bridgehead atoms. The van der Waals surface area contributed by atoms with Crippen LogP contribution in [0.2, 0.25) is 0 Å². The van der Waals surface area contributed by atoms with Gasteiger partial charge in [0.25, 0.3) is 10.0 Å². The van der Waals surface area contributed by atoms with Crippen LogP contribution in [0.3, 0.4) is 0 Å². The lowest BCUT2D eigenvalue weighted by atomic mass is 10.1. The molecule has 0 amide bonds. The molecule has 1 fully saturated rings. The summed E-state index contributed by atoms with van der Waals surface area (Å²) in [4.78, 5) is 3.95. The Morgan fingerprint density at radius 2 is 2.32 bits per heavy atom. The molecule has 0 aliphatic carbocycles. The van der Waals surface area contributed by atoms with Crippen molar-refractivity contribution in [2.75, 3.05) is 12.3 Å². The summed E-state index contributed by atoms with van der Waals surface area (Å²) in [5.74, 6) is 1.10. The maximum absolute atomic E-state index is 12.1. The van der Waals surface area contributed by atoms with Crippen LogP contribution in [0.4, 0.5) is 0 Å². The molecule has 7 heteroatoms. The van der Waals surface area contributed by atoms with Gasteiger partial charge < -0.3 is 5.73 Å². The summed E-state index contributed by atoms with van der Waals surface area (Å²) in [6.07, 6.45) is 3.69. The zero-order valence-electron chi connectivity index (χ0n) is 10.9. The number of rotatable bonds is 5. The van der Waals surface area contributed by atoms with Gasteiger partial charge in [0.2, 0.25) is 0 Å². The molecule has 106 valence electrons. The van der Waals surface area contributed by atoms with Crippen LogP contribution in [0.5, 0.6) is 0 Å². The Labute approximate surface area is 118 Å². The van der Waals surface area contributed by atoms with E-state index >= 15 is 0 Å². The minimum atomic E-state index is -3.53. The fraction of sp³-hybridized carbons (Fsp3) is 0.583. The summed E-state index contributed by atoms with van der Waals surface area (Å²) in [7, 11) is -3.53. The van der Waals surface area contributed by atoms with Crippen molar-refractivity contribution in [3.05, 3.63) is 23.9 Å². The molecular formula is C12H19N3O2S2. The second-order valence-electron chi connectivity index (χ2n) is 4.94. The second kappa shape index (κ2) is 5.78. The normalized spacial score (nSPS) is 23.7. The monoisotopic (exact) mass is 301 g/mol. The maximum Gasteiger partial charge on any atom is 0.258 e. The van der Waals surface area contributed by atoms with Crippen molar-refractivity contribution >= 4 is 21.8 Å². The first-order valence-corrected chi connectivity index (χ1v) is 8.71. The average Bonchev–Trinajstić information content (AvgIpc) is 2.84. The summed E-state index contributed by atoms with van der Waals surface area (Å²) >= 11 is 1.82. The zero-order valence-corrected chi connectivity index (χ0v) is 12.6. The molecule has 0 spiro atoms. The van der Waals surface area contributed by atoms with Crippen molar-refractivity contribution in [1.82, 2.24) is 9.71 Å². The van der Waals surface area contributed by atoms with E-state index in [0.29, 0.717) is 13.1 Å². The van der Waals surface area contributed by atoms with Crippen molar-refractivity contribution in [3.63, 3.8) is 0 Å². The van der Waals surface area contributed by atoms with E-state index in [4.69, 9.17) is 5.73 Å². The molecule has 1 aromatic heterocycles. The van der Waals surface area contributed by atoms with E-state index in [0.717, 1.165) is 24.2 Å². The standard InChI is InChI=1S/C12H19N3O2S2/c1-12(5-2-6-18-12)9-15-19(16,17)11-4-3-10(7-13)8-14-11/h3-4,8,15H,2,5-7,9,13H2,1H3. The molecule has 2 heterocycles. The van der Waals surface area contributed by atoms with E-state index in [1.165, 1.54) is 12.3 Å². The molecule has 0 saturated carbocycles. The van der Waals surface area contributed by atoms with Gasteiger partial charge in [-0.15, -0.1) is 0 Å². The topological polar surface area (TPSA) is 85.1 Å². The molecule has 2 rings (SSSR count). The molecule has 1 aliphatic rings. The molecule has 1 aliphatic heterocycles. The van der Waals surface area contributed by atoms with Crippen molar-refractivity contribution < 1.29 is 8.42 Å². The van der Waals surface area contributed by atoms with Gasteiger partial charge in [0.1, 0.15) is 0 Å². The molecular weight excluding hydrogens is 282 g/mol. The third kappa shape index (κ3) is 3.68. The number of pyridine rings is 1. The van der Waals surface area contributed by atoms with Crippen LogP contribution in [-0.4, -0.2) is 30.4 Å². The fourth-order valence-electron chi connectivity index (χ4n) is 1.99. The Kier molecular flexibility index (Phi) is 4.50. The van der Waals surface area contributed by atoms with E-state index in [-0.39, 0.29) is 9.77 Å². The van der Waals surface area contributed by atoms with E-state index in [2.05, 4.69) is 16.6 Å². The number of thioether (sulfide) groups is 1. The number of hydrogen-bond acceptors (Lipinski definition) is 5. The highest BCUT2D eigenvalue weighted by atomic mass is 32.2. The van der Waals surface area contributed by atoms with Gasteiger partial charge in [0.15, 0.2) is 5.03 Å². The highest BCUT2D eigenvalue weighted by Gasteiger charge is 2.31. The molecule has 1 atom stereocenters. The van der Waals surface area contributed by atoms with Crippen molar-refractivity contribution in [2.24, 2.45) is 5.73 Å². The first kappa shape index (κ1) is 14.8. The van der Waals surface area contributed by atoms with Gasteiger partial charge in [0, 0.05) is 24.0 Å². The number of sulfonamides is 1. The zero-order chi connectivity index (χ0) is 13.9. The lowest BCUT2D eigenvalue weighted by molar-refractivity contribution is 0.549. The van der Waals surface area contributed by atoms with E-state index < -0.39 is 10.0 Å². The van der Waals surface area contributed by atoms with Crippen LogP contribution >= 0.6 is 11.8 Å². The van der Waals surface area contributed by atoms with Crippen molar-refractivity contribution in [3.8, 4) is 0 Å². The molecule has 3 N–H and O–H groups in total. The van der Waals surface area contributed by atoms with Gasteiger partial charge in [-0.05, 0) is 37.1 Å². The SMILES string of the molecule is CC1(CNS(=O)(=O)c2ccc(CN)cn2)CCCS1. The molecule has 0 radical (unpaired) electrons. The Hall–Kier alpha value is -0.630. The Morgan fingerprint density at radius 3 is 2.84 bits per heavy atom. The predicted octanol–water partition coefficient (Wildman–Crippen LogP) is 1.10. The van der Waals surface area contributed by atoms with Gasteiger partial charge in [-0.2, -0.15) is 11.8 Å². The van der Waals surface area contributed by atoms with Gasteiger partial charge in [-0.3, -0.25) is 0 Å². The number of nitrogens with zero attached hydrogens (tertiary/aromatic N) is 1. The molecule has 5 nitrogen and oxygen atoms in total. The number of aromatic nitrogens is 1. The summed E-state index contributed by atoms with van der Waals surface area (Å²) in [5, 5.41) is 0.0521. The van der Waals surface area contributed by atoms with Gasteiger partial charge in [0.05, 0.1) is 0 Å². The maximum atomic E-state index is 12.1. The van der Waals surface area contributed by atoms with Crippen LogP contribution in [0.25, 0.3) is 0 Å². The number of nitrogens with two attached hydrogens (primary N) is 1. The largest absolute Gasteiger partial charge is 0.326 e. The number of nitrogens with one attached hydrogen (secondary N) is 1. The van der Waals surface area contributed by atoms with Gasteiger partial charge in [-0.1, -0.05) is 6.07 Å². The Balaban J connectivity index is 2.05. The second-order valence-corrected chi connectivity index (χ2v) is 8.33. The molecule has 1 aromatic rings. The summed E-state index contributed by atoms with van der Waals surface area (Å²) in [6.45, 7) is 2.90. The van der Waals surface area contributed by atoms with Crippen LogP contribution in [0.15, 0.2) is 23.4 Å². The molecule has 1 saturated heterocycles. The first-order valence-electron chi connectivity index (χ1n) is 6.24. The molecule has 0 aromatic carbocycles. The van der Waals surface area contributed by atoms with E-state index in [9.17, 15) is 8.42 Å². The molecule has 19 heavy (non-hydrogen) atoms. The van der Waals surface area contributed by atoms with Gasteiger partial charge >= 0.3 is 0 Å². The lowest BCUT2D eigenvalue weighted by Gasteiger charge is -2.22. The third-order valence-electron chi connectivity index (χ3n) is 3.25.